The first-order valence-electron chi connectivity index (χ1n) is 6.68. The van der Waals surface area contributed by atoms with E-state index >= 15 is 0 Å². The minimum Gasteiger partial charge on any atom is -0.415 e. The maximum atomic E-state index is 5.84. The number of rotatable bonds is 3. The molecule has 3 rings (SSSR count). The smallest absolute Gasteiger partial charge is 0.399 e. The summed E-state index contributed by atoms with van der Waals surface area (Å²) in [6.45, 7) is 3.11. The minimum absolute atomic E-state index is 0.130. The van der Waals surface area contributed by atoms with E-state index in [-0.39, 0.29) is 6.10 Å². The number of hydrogen-bond acceptors (Lipinski definition) is 2. The molecule has 1 fully saturated rings. The van der Waals surface area contributed by atoms with Crippen molar-refractivity contribution in [2.45, 2.75) is 25.6 Å². The third kappa shape index (κ3) is 2.72. The van der Waals surface area contributed by atoms with Gasteiger partial charge in [0.2, 0.25) is 0 Å². The second-order valence-electron chi connectivity index (χ2n) is 4.97. The van der Waals surface area contributed by atoms with Gasteiger partial charge in [-0.15, -0.1) is 0 Å². The Morgan fingerprint density at radius 1 is 1.00 bits per heavy atom. The number of nitrogens with zero attached hydrogens (tertiary/aromatic N) is 1. The summed E-state index contributed by atoms with van der Waals surface area (Å²) in [5.74, 6) is 0. The average molecular weight is 250 g/mol. The van der Waals surface area contributed by atoms with Gasteiger partial charge in [0.05, 0.1) is 6.10 Å². The zero-order valence-corrected chi connectivity index (χ0v) is 11.1. The lowest BCUT2D eigenvalue weighted by Crippen LogP contribution is -2.30. The van der Waals surface area contributed by atoms with Crippen LogP contribution in [-0.4, -0.2) is 18.5 Å². The fourth-order valence-corrected chi connectivity index (χ4v) is 2.50. The Labute approximate surface area is 115 Å². The normalized spacial score (nSPS) is 23.2. The molecule has 1 aliphatic rings. The van der Waals surface area contributed by atoms with Gasteiger partial charge in [0, 0.05) is 12.6 Å². The molecule has 2 aromatic rings. The van der Waals surface area contributed by atoms with E-state index in [1.54, 1.807) is 0 Å². The van der Waals surface area contributed by atoms with Gasteiger partial charge >= 0.3 is 7.62 Å². The van der Waals surface area contributed by atoms with Crippen molar-refractivity contribution in [3.05, 3.63) is 71.8 Å². The highest BCUT2D eigenvalue weighted by Crippen LogP contribution is 2.30. The Bertz CT molecular complexity index is 517. The summed E-state index contributed by atoms with van der Waals surface area (Å²) in [4.78, 5) is 2.26. The molecule has 1 saturated heterocycles. The molecule has 0 aromatic heterocycles. The van der Waals surface area contributed by atoms with Crippen LogP contribution in [0, 0.1) is 0 Å². The molecule has 2 aromatic carbocycles. The van der Waals surface area contributed by atoms with E-state index in [4.69, 9.17) is 4.65 Å². The van der Waals surface area contributed by atoms with Crippen LogP contribution in [0.15, 0.2) is 60.7 Å². The summed E-state index contributed by atoms with van der Waals surface area (Å²) in [7, 11) is 1.87. The van der Waals surface area contributed by atoms with Gasteiger partial charge in [0.15, 0.2) is 0 Å². The summed E-state index contributed by atoms with van der Waals surface area (Å²) < 4.78 is 5.84. The molecule has 2 unspecified atom stereocenters. The monoisotopic (exact) mass is 250 g/mol. The van der Waals surface area contributed by atoms with E-state index < -0.39 is 0 Å². The largest absolute Gasteiger partial charge is 0.415 e. The van der Waals surface area contributed by atoms with Gasteiger partial charge in [-0.3, -0.25) is 0 Å². The average Bonchev–Trinajstić information content (AvgIpc) is 2.82. The van der Waals surface area contributed by atoms with Crippen LogP contribution < -0.4 is 0 Å². The van der Waals surface area contributed by atoms with Crippen LogP contribution in [0.5, 0.6) is 0 Å². The van der Waals surface area contributed by atoms with Gasteiger partial charge in [-0.25, -0.2) is 0 Å². The second kappa shape index (κ2) is 5.60. The summed E-state index contributed by atoms with van der Waals surface area (Å²) in [5.41, 5.74) is 2.55. The minimum atomic E-state index is 0.130. The Hall–Kier alpha value is -1.58. The van der Waals surface area contributed by atoms with E-state index in [0.717, 1.165) is 6.54 Å². The van der Waals surface area contributed by atoms with Gasteiger partial charge in [-0.05, 0) is 18.1 Å². The third-order valence-corrected chi connectivity index (χ3v) is 3.64. The Balaban J connectivity index is 1.71. The Kier molecular flexibility index (Phi) is 3.67. The van der Waals surface area contributed by atoms with Crippen molar-refractivity contribution in [2.24, 2.45) is 0 Å². The van der Waals surface area contributed by atoms with E-state index in [1.165, 1.54) is 11.1 Å². The molecule has 0 N–H and O–H groups in total. The first kappa shape index (κ1) is 12.5. The fraction of sp³-hybridized carbons (Fsp3) is 0.250. The number of benzene rings is 2. The predicted molar refractivity (Wildman–Crippen MR) is 77.5 cm³/mol. The molecule has 0 aliphatic carbocycles. The van der Waals surface area contributed by atoms with Crippen LogP contribution in [0.1, 0.15) is 24.2 Å². The van der Waals surface area contributed by atoms with E-state index in [2.05, 4.69) is 60.3 Å². The lowest BCUT2D eigenvalue weighted by molar-refractivity contribution is 0.206. The molecule has 1 aliphatic heterocycles. The summed E-state index contributed by atoms with van der Waals surface area (Å²) in [5, 5.41) is 0. The highest BCUT2D eigenvalue weighted by Gasteiger charge is 2.33. The van der Waals surface area contributed by atoms with E-state index in [9.17, 15) is 0 Å². The third-order valence-electron chi connectivity index (χ3n) is 3.64. The summed E-state index contributed by atoms with van der Waals surface area (Å²) in [6.07, 6.45) is 0.130. The van der Waals surface area contributed by atoms with Crippen molar-refractivity contribution in [1.82, 2.24) is 4.81 Å². The zero-order chi connectivity index (χ0) is 13.1. The first-order valence-corrected chi connectivity index (χ1v) is 6.68. The van der Waals surface area contributed by atoms with Crippen LogP contribution in [-0.2, 0) is 11.2 Å². The molecule has 95 valence electrons. The quantitative estimate of drug-likeness (QED) is 0.775. The van der Waals surface area contributed by atoms with Crippen molar-refractivity contribution >= 4 is 7.62 Å². The molecule has 1 heterocycles. The standard InChI is InChI=1S/C16H17BNO/c1-13-16(15-10-6-3-7-11-15)19-17-18(13)12-14-8-4-2-5-9-14/h2-11,13,16H,12H2,1H3. The van der Waals surface area contributed by atoms with Crippen molar-refractivity contribution in [1.29, 1.82) is 0 Å². The summed E-state index contributed by atoms with van der Waals surface area (Å²) >= 11 is 0. The van der Waals surface area contributed by atoms with Crippen molar-refractivity contribution < 1.29 is 4.65 Å². The van der Waals surface area contributed by atoms with Crippen molar-refractivity contribution in [3.63, 3.8) is 0 Å². The lowest BCUT2D eigenvalue weighted by Gasteiger charge is -2.23. The molecule has 0 spiro atoms. The summed E-state index contributed by atoms with van der Waals surface area (Å²) in [6, 6.07) is 21.3. The molecule has 2 atom stereocenters. The van der Waals surface area contributed by atoms with Crippen LogP contribution in [0.4, 0.5) is 0 Å². The van der Waals surface area contributed by atoms with Gasteiger partial charge in [0.1, 0.15) is 0 Å². The molecule has 0 bridgehead atoms. The maximum Gasteiger partial charge on any atom is 0.399 e. The molecule has 0 saturated carbocycles. The first-order chi connectivity index (χ1) is 9.34. The van der Waals surface area contributed by atoms with Crippen LogP contribution >= 0.6 is 0 Å². The topological polar surface area (TPSA) is 12.5 Å². The van der Waals surface area contributed by atoms with Gasteiger partial charge in [-0.1, -0.05) is 60.7 Å². The molecule has 19 heavy (non-hydrogen) atoms. The van der Waals surface area contributed by atoms with Gasteiger partial charge in [0.25, 0.3) is 0 Å². The molecule has 0 amide bonds. The van der Waals surface area contributed by atoms with Gasteiger partial charge in [-0.2, -0.15) is 0 Å². The van der Waals surface area contributed by atoms with E-state index in [0.29, 0.717) is 6.04 Å². The van der Waals surface area contributed by atoms with Crippen molar-refractivity contribution in [2.75, 3.05) is 0 Å². The molecular weight excluding hydrogens is 233 g/mol. The predicted octanol–water partition coefficient (Wildman–Crippen LogP) is 3.18. The molecule has 1 radical (unpaired) electrons. The Morgan fingerprint density at radius 2 is 1.63 bits per heavy atom. The Morgan fingerprint density at radius 3 is 2.32 bits per heavy atom. The lowest BCUT2D eigenvalue weighted by atomic mass is 10.0. The highest BCUT2D eigenvalue weighted by molar-refractivity contribution is 6.24. The molecular formula is C16H17BNO. The SMILES string of the molecule is CC1C(c2ccccc2)O[B]N1Cc1ccccc1. The second-order valence-corrected chi connectivity index (χ2v) is 4.97. The van der Waals surface area contributed by atoms with Crippen LogP contribution in [0.3, 0.4) is 0 Å². The van der Waals surface area contributed by atoms with Crippen molar-refractivity contribution in [3.8, 4) is 0 Å². The fourth-order valence-electron chi connectivity index (χ4n) is 2.50. The number of hydrogen-bond donors (Lipinski definition) is 0. The van der Waals surface area contributed by atoms with Crippen LogP contribution in [0.2, 0.25) is 0 Å². The maximum absolute atomic E-state index is 5.84. The molecule has 3 heteroatoms. The van der Waals surface area contributed by atoms with Crippen LogP contribution in [0.25, 0.3) is 0 Å². The van der Waals surface area contributed by atoms with Gasteiger partial charge < -0.3 is 9.47 Å². The zero-order valence-electron chi connectivity index (χ0n) is 11.1. The van der Waals surface area contributed by atoms with E-state index in [1.807, 2.05) is 19.7 Å². The molecule has 2 nitrogen and oxygen atoms in total. The highest BCUT2D eigenvalue weighted by atomic mass is 16.5.